The van der Waals surface area contributed by atoms with Gasteiger partial charge in [-0.25, -0.2) is 0 Å². The zero-order chi connectivity index (χ0) is 21.7. The maximum Gasteiger partial charge on any atom is 0.295 e. The second-order valence-electron chi connectivity index (χ2n) is 6.83. The van der Waals surface area contributed by atoms with E-state index in [2.05, 4.69) is 0 Å². The number of Topliss-reactive ketones (excluding diaryl/α,β-unsaturated/α-hetero) is 1. The highest BCUT2D eigenvalue weighted by atomic mass is 35.5. The highest BCUT2D eigenvalue weighted by Crippen LogP contribution is 2.40. The third-order valence-electron chi connectivity index (χ3n) is 4.91. The normalized spacial score (nSPS) is 18.1. The van der Waals surface area contributed by atoms with Crippen molar-refractivity contribution in [3.8, 4) is 5.75 Å². The van der Waals surface area contributed by atoms with E-state index in [1.165, 1.54) is 11.0 Å². The highest BCUT2D eigenvalue weighted by molar-refractivity contribution is 6.46. The molecule has 1 unspecified atom stereocenters. The average molecular weight is 430 g/mol. The predicted octanol–water partition coefficient (Wildman–Crippen LogP) is 4.20. The summed E-state index contributed by atoms with van der Waals surface area (Å²) in [6, 6.07) is 13.3. The van der Waals surface area contributed by atoms with Gasteiger partial charge in [0.2, 0.25) is 0 Å². The number of likely N-dealkylation sites (tertiary alicyclic amines) is 1. The van der Waals surface area contributed by atoms with Crippen molar-refractivity contribution in [2.75, 3.05) is 26.9 Å². The van der Waals surface area contributed by atoms with Crippen LogP contribution in [0.25, 0.3) is 5.76 Å². The van der Waals surface area contributed by atoms with Crippen molar-refractivity contribution >= 4 is 29.1 Å². The molecule has 0 aromatic heterocycles. The van der Waals surface area contributed by atoms with Gasteiger partial charge in [0.15, 0.2) is 0 Å². The van der Waals surface area contributed by atoms with Gasteiger partial charge >= 0.3 is 0 Å². The third kappa shape index (κ3) is 4.35. The van der Waals surface area contributed by atoms with Crippen LogP contribution in [0.4, 0.5) is 0 Å². The Morgan fingerprint density at radius 2 is 1.90 bits per heavy atom. The Morgan fingerprint density at radius 3 is 2.53 bits per heavy atom. The highest BCUT2D eigenvalue weighted by Gasteiger charge is 2.45. The molecule has 0 aliphatic carbocycles. The van der Waals surface area contributed by atoms with E-state index in [0.717, 1.165) is 5.56 Å². The predicted molar refractivity (Wildman–Crippen MR) is 115 cm³/mol. The number of hydrogen-bond acceptors (Lipinski definition) is 5. The molecule has 3 rings (SSSR count). The van der Waals surface area contributed by atoms with Gasteiger partial charge in [-0.2, -0.15) is 0 Å². The number of halogens is 1. The Bertz CT molecular complexity index is 957. The molecule has 30 heavy (non-hydrogen) atoms. The first kappa shape index (κ1) is 21.9. The van der Waals surface area contributed by atoms with Crippen LogP contribution in [0.2, 0.25) is 5.02 Å². The average Bonchev–Trinajstić information content (AvgIpc) is 3.00. The summed E-state index contributed by atoms with van der Waals surface area (Å²) in [4.78, 5) is 27.2. The number of hydrogen-bond donors (Lipinski definition) is 1. The first-order chi connectivity index (χ1) is 14.5. The minimum absolute atomic E-state index is 0.0452. The molecule has 0 saturated carbocycles. The van der Waals surface area contributed by atoms with E-state index < -0.39 is 17.7 Å². The molecule has 0 radical (unpaired) electrons. The zero-order valence-electron chi connectivity index (χ0n) is 16.9. The van der Waals surface area contributed by atoms with Crippen LogP contribution in [-0.2, 0) is 14.3 Å². The van der Waals surface area contributed by atoms with E-state index in [-0.39, 0.29) is 11.3 Å². The number of aliphatic hydroxyl groups is 1. The molecular formula is C23H24ClNO5. The fraction of sp³-hybridized carbons (Fsp3) is 0.304. The van der Waals surface area contributed by atoms with Crippen LogP contribution >= 0.6 is 11.6 Å². The Balaban J connectivity index is 2.08. The minimum Gasteiger partial charge on any atom is -0.507 e. The van der Waals surface area contributed by atoms with Crippen LogP contribution in [0.1, 0.15) is 30.5 Å². The van der Waals surface area contributed by atoms with Crippen LogP contribution < -0.4 is 4.74 Å². The van der Waals surface area contributed by atoms with E-state index in [1.807, 2.05) is 37.3 Å². The summed E-state index contributed by atoms with van der Waals surface area (Å²) < 4.78 is 10.5. The van der Waals surface area contributed by atoms with E-state index in [1.54, 1.807) is 19.2 Å². The molecule has 6 nitrogen and oxygen atoms in total. The van der Waals surface area contributed by atoms with Crippen molar-refractivity contribution in [1.29, 1.82) is 0 Å². The van der Waals surface area contributed by atoms with Crippen molar-refractivity contribution < 1.29 is 24.2 Å². The van der Waals surface area contributed by atoms with Gasteiger partial charge < -0.3 is 19.5 Å². The van der Waals surface area contributed by atoms with E-state index >= 15 is 0 Å². The number of amides is 1. The Kier molecular flexibility index (Phi) is 7.13. The fourth-order valence-corrected chi connectivity index (χ4v) is 3.78. The Labute approximate surface area is 180 Å². The molecule has 1 aliphatic rings. The topological polar surface area (TPSA) is 76.1 Å². The SMILES string of the molecule is CCOc1ccc(/C(O)=C2/C(=O)C(=O)N(CCCOC)C2c2ccccc2)cc1Cl. The lowest BCUT2D eigenvalue weighted by atomic mass is 9.95. The maximum atomic E-state index is 12.9. The zero-order valence-corrected chi connectivity index (χ0v) is 17.7. The summed E-state index contributed by atoms with van der Waals surface area (Å²) in [7, 11) is 1.58. The molecule has 2 aromatic rings. The number of ether oxygens (including phenoxy) is 2. The molecule has 1 saturated heterocycles. The molecule has 1 heterocycles. The van der Waals surface area contributed by atoms with Gasteiger partial charge in [0.25, 0.3) is 11.7 Å². The van der Waals surface area contributed by atoms with Crippen molar-refractivity contribution in [2.24, 2.45) is 0 Å². The van der Waals surface area contributed by atoms with Crippen molar-refractivity contribution in [3.05, 3.63) is 70.3 Å². The molecule has 1 aliphatic heterocycles. The van der Waals surface area contributed by atoms with Gasteiger partial charge in [0.1, 0.15) is 11.5 Å². The number of nitrogens with zero attached hydrogens (tertiary/aromatic N) is 1. The van der Waals surface area contributed by atoms with Crippen LogP contribution in [0.3, 0.4) is 0 Å². The quantitative estimate of drug-likeness (QED) is 0.294. The third-order valence-corrected chi connectivity index (χ3v) is 5.20. The van der Waals surface area contributed by atoms with Gasteiger partial charge in [-0.15, -0.1) is 0 Å². The second-order valence-corrected chi connectivity index (χ2v) is 7.23. The summed E-state index contributed by atoms with van der Waals surface area (Å²) in [5.74, 6) is -1.14. The monoisotopic (exact) mass is 429 g/mol. The fourth-order valence-electron chi connectivity index (χ4n) is 3.55. The number of methoxy groups -OCH3 is 1. The van der Waals surface area contributed by atoms with Gasteiger partial charge in [0.05, 0.1) is 23.2 Å². The first-order valence-corrected chi connectivity index (χ1v) is 10.1. The molecular weight excluding hydrogens is 406 g/mol. The largest absolute Gasteiger partial charge is 0.507 e. The molecule has 7 heteroatoms. The molecule has 158 valence electrons. The lowest BCUT2D eigenvalue weighted by molar-refractivity contribution is -0.140. The maximum absolute atomic E-state index is 12.9. The summed E-state index contributed by atoms with van der Waals surface area (Å²) in [6.07, 6.45) is 0.571. The number of carbonyl (C=O) groups excluding carboxylic acids is 2. The van der Waals surface area contributed by atoms with E-state index in [0.29, 0.717) is 42.5 Å². The minimum atomic E-state index is -0.719. The Morgan fingerprint density at radius 1 is 1.17 bits per heavy atom. The molecule has 1 N–H and O–H groups in total. The van der Waals surface area contributed by atoms with E-state index in [4.69, 9.17) is 21.1 Å². The number of aliphatic hydroxyl groups excluding tert-OH is 1. The summed E-state index contributed by atoms with van der Waals surface area (Å²) in [6.45, 7) is 3.08. The number of rotatable bonds is 8. The van der Waals surface area contributed by atoms with Gasteiger partial charge in [0, 0.05) is 25.8 Å². The lowest BCUT2D eigenvalue weighted by Gasteiger charge is -2.25. The van der Waals surface area contributed by atoms with Gasteiger partial charge in [-0.3, -0.25) is 9.59 Å². The van der Waals surface area contributed by atoms with Crippen molar-refractivity contribution in [1.82, 2.24) is 4.90 Å². The lowest BCUT2D eigenvalue weighted by Crippen LogP contribution is -2.31. The summed E-state index contributed by atoms with van der Waals surface area (Å²) >= 11 is 6.26. The molecule has 2 aromatic carbocycles. The number of carbonyl (C=O) groups is 2. The van der Waals surface area contributed by atoms with Crippen molar-refractivity contribution in [3.63, 3.8) is 0 Å². The van der Waals surface area contributed by atoms with Gasteiger partial charge in [-0.05, 0) is 37.1 Å². The van der Waals surface area contributed by atoms with Gasteiger partial charge in [-0.1, -0.05) is 41.9 Å². The van der Waals surface area contributed by atoms with Crippen LogP contribution in [-0.4, -0.2) is 48.6 Å². The smallest absolute Gasteiger partial charge is 0.295 e. The van der Waals surface area contributed by atoms with Crippen LogP contribution in [0, 0.1) is 0 Å². The van der Waals surface area contributed by atoms with Crippen LogP contribution in [0.5, 0.6) is 5.75 Å². The molecule has 1 atom stereocenters. The summed E-state index contributed by atoms with van der Waals surface area (Å²) in [5, 5.41) is 11.3. The van der Waals surface area contributed by atoms with Crippen molar-refractivity contribution in [2.45, 2.75) is 19.4 Å². The Hall–Kier alpha value is -2.83. The number of ketones is 1. The summed E-state index contributed by atoms with van der Waals surface area (Å²) in [5.41, 5.74) is 1.14. The second kappa shape index (κ2) is 9.78. The number of benzene rings is 2. The standard InChI is InChI=1S/C23H24ClNO5/c1-3-30-18-11-10-16(14-17(18)24)21(26)19-20(15-8-5-4-6-9-15)25(12-7-13-29-2)23(28)22(19)27/h4-6,8-11,14,20,26H,3,7,12-13H2,1-2H3/b21-19-. The van der Waals surface area contributed by atoms with E-state index in [9.17, 15) is 14.7 Å². The van der Waals surface area contributed by atoms with Crippen LogP contribution in [0.15, 0.2) is 54.1 Å². The molecule has 0 bridgehead atoms. The first-order valence-electron chi connectivity index (χ1n) is 9.74. The molecule has 1 fully saturated rings. The molecule has 1 amide bonds. The molecule has 0 spiro atoms.